The second kappa shape index (κ2) is 6.01. The SMILES string of the molecule is CCCOc1ccccc1C(=O)C(O)C(C)(C)C. The van der Waals surface area contributed by atoms with Gasteiger partial charge >= 0.3 is 0 Å². The van der Waals surface area contributed by atoms with E-state index in [1.165, 1.54) is 0 Å². The van der Waals surface area contributed by atoms with Gasteiger partial charge in [-0.2, -0.15) is 0 Å². The fourth-order valence-electron chi connectivity index (χ4n) is 1.55. The van der Waals surface area contributed by atoms with Gasteiger partial charge in [0.1, 0.15) is 11.9 Å². The van der Waals surface area contributed by atoms with Crippen LogP contribution in [0.1, 0.15) is 44.5 Å². The molecule has 3 nitrogen and oxygen atoms in total. The van der Waals surface area contributed by atoms with Gasteiger partial charge in [0, 0.05) is 0 Å². The normalized spacial score (nSPS) is 13.2. The van der Waals surface area contributed by atoms with Crippen LogP contribution in [-0.2, 0) is 0 Å². The Labute approximate surface area is 109 Å². The lowest BCUT2D eigenvalue weighted by atomic mass is 9.84. The summed E-state index contributed by atoms with van der Waals surface area (Å²) in [6, 6.07) is 7.06. The molecule has 0 aliphatic rings. The molecule has 1 aromatic rings. The maximum absolute atomic E-state index is 12.2. The van der Waals surface area contributed by atoms with E-state index in [2.05, 4.69) is 0 Å². The minimum absolute atomic E-state index is 0.283. The Hall–Kier alpha value is -1.35. The average molecular weight is 250 g/mol. The largest absolute Gasteiger partial charge is 0.493 e. The number of hydrogen-bond acceptors (Lipinski definition) is 3. The highest BCUT2D eigenvalue weighted by molar-refractivity contribution is 6.02. The maximum Gasteiger partial charge on any atom is 0.195 e. The summed E-state index contributed by atoms with van der Waals surface area (Å²) in [5.74, 6) is 0.266. The molecule has 0 spiro atoms. The molecule has 1 rings (SSSR count). The smallest absolute Gasteiger partial charge is 0.195 e. The molecule has 3 heteroatoms. The van der Waals surface area contributed by atoms with Gasteiger partial charge in [-0.15, -0.1) is 0 Å². The van der Waals surface area contributed by atoms with Gasteiger partial charge in [-0.05, 0) is 24.0 Å². The first-order valence-electron chi connectivity index (χ1n) is 6.32. The van der Waals surface area contributed by atoms with Crippen LogP contribution in [0.2, 0.25) is 0 Å². The van der Waals surface area contributed by atoms with Crippen LogP contribution in [0.3, 0.4) is 0 Å². The minimum Gasteiger partial charge on any atom is -0.493 e. The highest BCUT2D eigenvalue weighted by Crippen LogP contribution is 2.26. The van der Waals surface area contributed by atoms with Gasteiger partial charge in [-0.25, -0.2) is 0 Å². The summed E-state index contributed by atoms with van der Waals surface area (Å²) in [5.41, 5.74) is -0.0250. The number of benzene rings is 1. The van der Waals surface area contributed by atoms with Crippen molar-refractivity contribution in [3.05, 3.63) is 29.8 Å². The minimum atomic E-state index is -1.02. The summed E-state index contributed by atoms with van der Waals surface area (Å²) in [6.07, 6.45) is -0.145. The standard InChI is InChI=1S/C15H22O3/c1-5-10-18-12-9-7-6-8-11(12)13(16)14(17)15(2,3)4/h6-9,14,17H,5,10H2,1-4H3. The molecule has 0 bridgehead atoms. The lowest BCUT2D eigenvalue weighted by Gasteiger charge is -2.25. The Morgan fingerprint density at radius 1 is 1.33 bits per heavy atom. The van der Waals surface area contributed by atoms with Crippen molar-refractivity contribution in [3.8, 4) is 5.75 Å². The van der Waals surface area contributed by atoms with Gasteiger partial charge < -0.3 is 9.84 Å². The van der Waals surface area contributed by atoms with Crippen molar-refractivity contribution in [2.45, 2.75) is 40.2 Å². The van der Waals surface area contributed by atoms with Crippen molar-refractivity contribution < 1.29 is 14.6 Å². The average Bonchev–Trinajstić information content (AvgIpc) is 2.33. The number of para-hydroxylation sites is 1. The molecule has 0 saturated carbocycles. The molecular formula is C15H22O3. The van der Waals surface area contributed by atoms with Gasteiger partial charge in [0.15, 0.2) is 5.78 Å². The molecule has 1 aromatic carbocycles. The Kier molecular flexibility index (Phi) is 4.91. The topological polar surface area (TPSA) is 46.5 Å². The third kappa shape index (κ3) is 3.57. The summed E-state index contributed by atoms with van der Waals surface area (Å²) < 4.78 is 5.54. The number of ether oxygens (including phenoxy) is 1. The van der Waals surface area contributed by atoms with Gasteiger partial charge in [0.05, 0.1) is 12.2 Å². The van der Waals surface area contributed by atoms with E-state index in [4.69, 9.17) is 4.74 Å². The Morgan fingerprint density at radius 2 is 1.94 bits per heavy atom. The number of carbonyl (C=O) groups excluding carboxylic acids is 1. The monoisotopic (exact) mass is 250 g/mol. The second-order valence-electron chi connectivity index (χ2n) is 5.48. The highest BCUT2D eigenvalue weighted by Gasteiger charge is 2.31. The van der Waals surface area contributed by atoms with Crippen LogP contribution in [0.25, 0.3) is 0 Å². The summed E-state index contributed by atoms with van der Waals surface area (Å²) in [7, 11) is 0. The zero-order valence-corrected chi connectivity index (χ0v) is 11.6. The van der Waals surface area contributed by atoms with Crippen LogP contribution in [0, 0.1) is 5.41 Å². The van der Waals surface area contributed by atoms with Crippen molar-refractivity contribution >= 4 is 5.78 Å². The zero-order valence-electron chi connectivity index (χ0n) is 11.6. The van der Waals surface area contributed by atoms with Crippen LogP contribution in [0.4, 0.5) is 0 Å². The van der Waals surface area contributed by atoms with Crippen molar-refractivity contribution in [1.82, 2.24) is 0 Å². The van der Waals surface area contributed by atoms with E-state index in [0.29, 0.717) is 17.9 Å². The van der Waals surface area contributed by atoms with Crippen LogP contribution < -0.4 is 4.74 Å². The van der Waals surface area contributed by atoms with Gasteiger partial charge in [-0.3, -0.25) is 4.79 Å². The van der Waals surface area contributed by atoms with Crippen molar-refractivity contribution in [3.63, 3.8) is 0 Å². The van der Waals surface area contributed by atoms with Crippen molar-refractivity contribution in [1.29, 1.82) is 0 Å². The van der Waals surface area contributed by atoms with Crippen LogP contribution in [0.5, 0.6) is 5.75 Å². The van der Waals surface area contributed by atoms with Crippen LogP contribution in [0.15, 0.2) is 24.3 Å². The van der Waals surface area contributed by atoms with Gasteiger partial charge in [0.2, 0.25) is 0 Å². The van der Waals surface area contributed by atoms with Gasteiger partial charge in [-0.1, -0.05) is 39.8 Å². The van der Waals surface area contributed by atoms with E-state index in [9.17, 15) is 9.90 Å². The lowest BCUT2D eigenvalue weighted by Crippen LogP contribution is -2.34. The third-order valence-corrected chi connectivity index (χ3v) is 2.68. The van der Waals surface area contributed by atoms with E-state index in [1.807, 2.05) is 33.8 Å². The molecule has 0 radical (unpaired) electrons. The zero-order chi connectivity index (χ0) is 13.8. The third-order valence-electron chi connectivity index (χ3n) is 2.68. The number of ketones is 1. The number of rotatable bonds is 5. The molecule has 0 amide bonds. The summed E-state index contributed by atoms with van der Waals surface area (Å²) >= 11 is 0. The molecule has 1 unspecified atom stereocenters. The van der Waals surface area contributed by atoms with E-state index in [-0.39, 0.29) is 5.78 Å². The first-order chi connectivity index (χ1) is 8.38. The van der Waals surface area contributed by atoms with E-state index in [0.717, 1.165) is 6.42 Å². The number of aliphatic hydroxyl groups excluding tert-OH is 1. The predicted octanol–water partition coefficient (Wildman–Crippen LogP) is 3.07. The molecule has 0 aromatic heterocycles. The molecule has 18 heavy (non-hydrogen) atoms. The maximum atomic E-state index is 12.2. The molecule has 0 aliphatic heterocycles. The molecule has 1 atom stereocenters. The quantitative estimate of drug-likeness (QED) is 0.817. The summed E-state index contributed by atoms with van der Waals surface area (Å²) in [5, 5.41) is 10.1. The molecule has 0 fully saturated rings. The molecule has 1 N–H and O–H groups in total. The van der Waals surface area contributed by atoms with Crippen molar-refractivity contribution in [2.75, 3.05) is 6.61 Å². The first kappa shape index (κ1) is 14.7. The summed E-state index contributed by atoms with van der Waals surface area (Å²) in [4.78, 5) is 12.2. The molecule has 0 saturated heterocycles. The van der Waals surface area contributed by atoms with E-state index >= 15 is 0 Å². The Morgan fingerprint density at radius 3 is 2.50 bits per heavy atom. The number of aliphatic hydroxyl groups is 1. The fraction of sp³-hybridized carbons (Fsp3) is 0.533. The fourth-order valence-corrected chi connectivity index (χ4v) is 1.55. The molecule has 0 heterocycles. The molecular weight excluding hydrogens is 228 g/mol. The first-order valence-corrected chi connectivity index (χ1v) is 6.32. The second-order valence-corrected chi connectivity index (χ2v) is 5.48. The van der Waals surface area contributed by atoms with Gasteiger partial charge in [0.25, 0.3) is 0 Å². The molecule has 100 valence electrons. The Balaban J connectivity index is 2.98. The van der Waals surface area contributed by atoms with Crippen molar-refractivity contribution in [2.24, 2.45) is 5.41 Å². The Bertz CT molecular complexity index is 404. The summed E-state index contributed by atoms with van der Waals surface area (Å²) in [6.45, 7) is 8.09. The van der Waals surface area contributed by atoms with Crippen LogP contribution in [-0.4, -0.2) is 23.6 Å². The lowest BCUT2D eigenvalue weighted by molar-refractivity contribution is 0.0439. The number of carbonyl (C=O) groups is 1. The highest BCUT2D eigenvalue weighted by atomic mass is 16.5. The van der Waals surface area contributed by atoms with E-state index < -0.39 is 11.5 Å². The van der Waals surface area contributed by atoms with E-state index in [1.54, 1.807) is 18.2 Å². The number of Topliss-reactive ketones (excluding diaryl/α,β-unsaturated/α-hetero) is 1. The molecule has 0 aliphatic carbocycles. The van der Waals surface area contributed by atoms with Crippen LogP contribution >= 0.6 is 0 Å². The predicted molar refractivity (Wildman–Crippen MR) is 72.0 cm³/mol. The number of hydrogen-bond donors (Lipinski definition) is 1.